The quantitative estimate of drug-likeness (QED) is 0.918. The van der Waals surface area contributed by atoms with Crippen molar-refractivity contribution in [2.24, 2.45) is 0 Å². The van der Waals surface area contributed by atoms with Gasteiger partial charge in [-0.3, -0.25) is 4.79 Å². The number of ether oxygens (including phenoxy) is 1. The van der Waals surface area contributed by atoms with Crippen LogP contribution in [0.3, 0.4) is 0 Å². The molecule has 2 heterocycles. The largest absolute Gasteiger partial charge is 0.378 e. The minimum Gasteiger partial charge on any atom is -0.378 e. The molecule has 5 heteroatoms. The number of aromatic amines is 1. The smallest absolute Gasteiger partial charge is 0.256 e. The molecule has 0 saturated carbocycles. The summed E-state index contributed by atoms with van der Waals surface area (Å²) in [5.41, 5.74) is 4.51. The van der Waals surface area contributed by atoms with Crippen molar-refractivity contribution >= 4 is 16.8 Å². The third-order valence-electron chi connectivity index (χ3n) is 5.46. The van der Waals surface area contributed by atoms with E-state index in [1.54, 1.807) is 0 Å². The van der Waals surface area contributed by atoms with E-state index in [2.05, 4.69) is 30.0 Å². The van der Waals surface area contributed by atoms with Gasteiger partial charge in [-0.1, -0.05) is 12.1 Å². The molecule has 1 aliphatic heterocycles. The van der Waals surface area contributed by atoms with Gasteiger partial charge in [-0.25, -0.2) is 0 Å². The van der Waals surface area contributed by atoms with Crippen LogP contribution in [0.5, 0.6) is 0 Å². The highest BCUT2D eigenvalue weighted by Crippen LogP contribution is 2.32. The molecule has 128 valence electrons. The van der Waals surface area contributed by atoms with Gasteiger partial charge >= 0.3 is 0 Å². The number of hydrogen-bond donors (Lipinski definition) is 1. The van der Waals surface area contributed by atoms with Crippen molar-refractivity contribution in [3.63, 3.8) is 0 Å². The number of morpholine rings is 1. The van der Waals surface area contributed by atoms with Crippen molar-refractivity contribution in [2.45, 2.75) is 25.3 Å². The SMILES string of the molecule is CN(C)C1CCc2[nH]c3c(C(=O)N4CCOCC4)cccc3c2C1. The van der Waals surface area contributed by atoms with E-state index < -0.39 is 0 Å². The minimum absolute atomic E-state index is 0.117. The van der Waals surface area contributed by atoms with Crippen LogP contribution in [-0.2, 0) is 17.6 Å². The number of carbonyl (C=O) groups is 1. The first-order chi connectivity index (χ1) is 11.6. The lowest BCUT2D eigenvalue weighted by atomic mass is 9.90. The van der Waals surface area contributed by atoms with E-state index in [-0.39, 0.29) is 5.91 Å². The molecule has 2 aromatic rings. The van der Waals surface area contributed by atoms with E-state index in [0.717, 1.165) is 23.9 Å². The van der Waals surface area contributed by atoms with Gasteiger partial charge in [0.2, 0.25) is 0 Å². The number of hydrogen-bond acceptors (Lipinski definition) is 3. The Morgan fingerprint density at radius 2 is 2.08 bits per heavy atom. The number of H-pyrrole nitrogens is 1. The normalized spacial score (nSPS) is 21.3. The van der Waals surface area contributed by atoms with Gasteiger partial charge in [-0.2, -0.15) is 0 Å². The number of aromatic nitrogens is 1. The first-order valence-corrected chi connectivity index (χ1v) is 8.81. The zero-order chi connectivity index (χ0) is 16.7. The standard InChI is InChI=1S/C19H25N3O2/c1-21(2)13-6-7-17-16(12-13)14-4-3-5-15(18(14)20-17)19(23)22-8-10-24-11-9-22/h3-5,13,20H,6-12H2,1-2H3. The highest BCUT2D eigenvalue weighted by Gasteiger charge is 2.26. The van der Waals surface area contributed by atoms with Gasteiger partial charge in [0.05, 0.1) is 24.3 Å². The molecule has 5 nitrogen and oxygen atoms in total. The molecule has 1 unspecified atom stereocenters. The van der Waals surface area contributed by atoms with Crippen molar-refractivity contribution in [1.82, 2.24) is 14.8 Å². The first kappa shape index (κ1) is 15.7. The van der Waals surface area contributed by atoms with E-state index in [4.69, 9.17) is 4.74 Å². The summed E-state index contributed by atoms with van der Waals surface area (Å²) in [6.07, 6.45) is 3.27. The summed E-state index contributed by atoms with van der Waals surface area (Å²) in [7, 11) is 4.30. The first-order valence-electron chi connectivity index (χ1n) is 8.81. The fourth-order valence-electron chi connectivity index (χ4n) is 3.98. The number of fused-ring (bicyclic) bond motifs is 3. The Balaban J connectivity index is 1.72. The van der Waals surface area contributed by atoms with E-state index in [1.165, 1.54) is 23.1 Å². The molecule has 1 aromatic heterocycles. The van der Waals surface area contributed by atoms with Gasteiger partial charge < -0.3 is 19.5 Å². The van der Waals surface area contributed by atoms with Gasteiger partial charge in [0, 0.05) is 30.2 Å². The Hall–Kier alpha value is -1.85. The number of amides is 1. The van der Waals surface area contributed by atoms with Crippen LogP contribution in [0.1, 0.15) is 28.0 Å². The van der Waals surface area contributed by atoms with Crippen LogP contribution in [0.2, 0.25) is 0 Å². The molecule has 4 rings (SSSR count). The average Bonchev–Trinajstić information content (AvgIpc) is 2.99. The molecular weight excluding hydrogens is 302 g/mol. The Morgan fingerprint density at radius 1 is 1.29 bits per heavy atom. The maximum absolute atomic E-state index is 12.9. The number of benzene rings is 1. The number of carbonyl (C=O) groups excluding carboxylic acids is 1. The Kier molecular flexibility index (Phi) is 4.06. The summed E-state index contributed by atoms with van der Waals surface area (Å²) < 4.78 is 5.37. The second-order valence-electron chi connectivity index (χ2n) is 7.08. The Labute approximate surface area is 142 Å². The van der Waals surface area contributed by atoms with Crippen LogP contribution in [0.4, 0.5) is 0 Å². The van der Waals surface area contributed by atoms with E-state index in [1.807, 2.05) is 17.0 Å². The molecule has 1 N–H and O–H groups in total. The van der Waals surface area contributed by atoms with Gasteiger partial charge in [-0.15, -0.1) is 0 Å². The van der Waals surface area contributed by atoms with Crippen LogP contribution in [0.15, 0.2) is 18.2 Å². The molecule has 0 spiro atoms. The number of likely N-dealkylation sites (N-methyl/N-ethyl adjacent to an activating group) is 1. The van der Waals surface area contributed by atoms with Crippen molar-refractivity contribution in [1.29, 1.82) is 0 Å². The summed E-state index contributed by atoms with van der Waals surface area (Å²) in [6.45, 7) is 2.62. The van der Waals surface area contributed by atoms with Gasteiger partial charge in [0.1, 0.15) is 0 Å². The molecule has 1 amide bonds. The number of nitrogens with zero attached hydrogens (tertiary/aromatic N) is 2. The van der Waals surface area contributed by atoms with Crippen LogP contribution in [0.25, 0.3) is 10.9 Å². The lowest BCUT2D eigenvalue weighted by molar-refractivity contribution is 0.0304. The summed E-state index contributed by atoms with van der Waals surface area (Å²) in [4.78, 5) is 20.7. The molecule has 1 atom stereocenters. The second-order valence-corrected chi connectivity index (χ2v) is 7.08. The summed E-state index contributed by atoms with van der Waals surface area (Å²) >= 11 is 0. The summed E-state index contributed by atoms with van der Waals surface area (Å²) in [6, 6.07) is 6.70. The van der Waals surface area contributed by atoms with Gasteiger partial charge in [0.25, 0.3) is 5.91 Å². The highest BCUT2D eigenvalue weighted by atomic mass is 16.5. The van der Waals surface area contributed by atoms with Gasteiger partial charge in [-0.05, 0) is 45.0 Å². The van der Waals surface area contributed by atoms with Crippen molar-refractivity contribution in [3.8, 4) is 0 Å². The lowest BCUT2D eigenvalue weighted by Crippen LogP contribution is -2.40. The number of nitrogens with one attached hydrogen (secondary N) is 1. The lowest BCUT2D eigenvalue weighted by Gasteiger charge is -2.28. The van der Waals surface area contributed by atoms with Crippen LogP contribution in [-0.4, -0.2) is 67.1 Å². The van der Waals surface area contributed by atoms with Crippen molar-refractivity contribution in [2.75, 3.05) is 40.4 Å². The van der Waals surface area contributed by atoms with E-state index in [9.17, 15) is 4.79 Å². The predicted molar refractivity (Wildman–Crippen MR) is 94.5 cm³/mol. The summed E-state index contributed by atoms with van der Waals surface area (Å²) in [5, 5.41) is 1.22. The monoisotopic (exact) mass is 327 g/mol. The molecule has 1 aliphatic carbocycles. The topological polar surface area (TPSA) is 48.6 Å². The number of rotatable bonds is 2. The summed E-state index contributed by atoms with van der Waals surface area (Å²) in [5.74, 6) is 0.117. The van der Waals surface area contributed by atoms with Crippen LogP contribution in [0, 0.1) is 0 Å². The van der Waals surface area contributed by atoms with E-state index in [0.29, 0.717) is 32.3 Å². The van der Waals surface area contributed by atoms with Crippen LogP contribution >= 0.6 is 0 Å². The molecule has 2 aliphatic rings. The van der Waals surface area contributed by atoms with E-state index >= 15 is 0 Å². The fourth-order valence-corrected chi connectivity index (χ4v) is 3.98. The molecule has 0 radical (unpaired) electrons. The molecule has 1 fully saturated rings. The molecule has 1 saturated heterocycles. The second kappa shape index (κ2) is 6.22. The maximum Gasteiger partial charge on any atom is 0.256 e. The third kappa shape index (κ3) is 2.62. The Bertz CT molecular complexity index is 759. The minimum atomic E-state index is 0.117. The third-order valence-corrected chi connectivity index (χ3v) is 5.46. The zero-order valence-electron chi connectivity index (χ0n) is 14.5. The number of para-hydroxylation sites is 1. The average molecular weight is 327 g/mol. The molecule has 1 aromatic carbocycles. The highest BCUT2D eigenvalue weighted by molar-refractivity contribution is 6.06. The predicted octanol–water partition coefficient (Wildman–Crippen LogP) is 2.06. The fraction of sp³-hybridized carbons (Fsp3) is 0.526. The molecule has 0 bridgehead atoms. The molecular formula is C19H25N3O2. The number of aryl methyl sites for hydroxylation is 1. The Morgan fingerprint density at radius 3 is 2.83 bits per heavy atom. The zero-order valence-corrected chi connectivity index (χ0v) is 14.5. The van der Waals surface area contributed by atoms with Crippen molar-refractivity contribution in [3.05, 3.63) is 35.0 Å². The maximum atomic E-state index is 12.9. The molecule has 24 heavy (non-hydrogen) atoms. The van der Waals surface area contributed by atoms with Crippen molar-refractivity contribution < 1.29 is 9.53 Å². The van der Waals surface area contributed by atoms with Crippen LogP contribution < -0.4 is 0 Å². The van der Waals surface area contributed by atoms with Gasteiger partial charge in [0.15, 0.2) is 0 Å².